The minimum atomic E-state index is -0.423. The molecule has 0 fully saturated rings. The van der Waals surface area contributed by atoms with Crippen LogP contribution in [-0.2, 0) is 16.1 Å². The first kappa shape index (κ1) is 15.4. The number of esters is 1. The molecule has 0 N–H and O–H groups in total. The van der Waals surface area contributed by atoms with E-state index in [0.29, 0.717) is 10.8 Å². The average Bonchev–Trinajstić information content (AvgIpc) is 2.47. The van der Waals surface area contributed by atoms with Gasteiger partial charge in [0.15, 0.2) is 6.61 Å². The van der Waals surface area contributed by atoms with Gasteiger partial charge in [0.25, 0.3) is 0 Å². The van der Waals surface area contributed by atoms with Crippen LogP contribution in [0.5, 0.6) is 5.75 Å². The van der Waals surface area contributed by atoms with Gasteiger partial charge in [0.1, 0.15) is 12.4 Å². The van der Waals surface area contributed by atoms with E-state index in [1.807, 2.05) is 50.2 Å². The average molecular weight is 305 g/mol. The Balaban J connectivity index is 1.82. The van der Waals surface area contributed by atoms with Gasteiger partial charge >= 0.3 is 5.97 Å². The van der Waals surface area contributed by atoms with Gasteiger partial charge in [-0.15, -0.1) is 0 Å². The van der Waals surface area contributed by atoms with Crippen molar-refractivity contribution in [1.82, 2.24) is 0 Å². The second-order valence-electron chi connectivity index (χ2n) is 4.79. The first-order valence-electron chi connectivity index (χ1n) is 6.65. The zero-order valence-corrected chi connectivity index (χ0v) is 12.8. The zero-order valence-electron chi connectivity index (χ0n) is 12.1. The van der Waals surface area contributed by atoms with E-state index >= 15 is 0 Å². The Morgan fingerprint density at radius 3 is 2.57 bits per heavy atom. The van der Waals surface area contributed by atoms with Crippen LogP contribution in [0.4, 0.5) is 0 Å². The Hall–Kier alpha value is -2.00. The third-order valence-electron chi connectivity index (χ3n) is 3.18. The van der Waals surface area contributed by atoms with Gasteiger partial charge in [-0.25, -0.2) is 4.79 Å². The van der Waals surface area contributed by atoms with E-state index in [1.165, 1.54) is 5.56 Å². The summed E-state index contributed by atoms with van der Waals surface area (Å²) >= 11 is 5.99. The predicted octanol–water partition coefficient (Wildman–Crippen LogP) is 4.08. The highest BCUT2D eigenvalue weighted by molar-refractivity contribution is 6.31. The van der Waals surface area contributed by atoms with E-state index in [0.717, 1.165) is 11.1 Å². The molecule has 110 valence electrons. The summed E-state index contributed by atoms with van der Waals surface area (Å²) < 4.78 is 10.6. The van der Waals surface area contributed by atoms with Gasteiger partial charge in [-0.3, -0.25) is 0 Å². The number of rotatable bonds is 5. The van der Waals surface area contributed by atoms with E-state index in [2.05, 4.69) is 0 Å². The highest BCUT2D eigenvalue weighted by Gasteiger charge is 2.07. The molecule has 2 aromatic carbocycles. The molecule has 0 spiro atoms. The molecule has 0 aliphatic rings. The number of halogens is 1. The van der Waals surface area contributed by atoms with Crippen LogP contribution in [0.3, 0.4) is 0 Å². The fourth-order valence-corrected chi connectivity index (χ4v) is 1.95. The van der Waals surface area contributed by atoms with Crippen molar-refractivity contribution in [2.45, 2.75) is 20.5 Å². The predicted molar refractivity (Wildman–Crippen MR) is 82.7 cm³/mol. The highest BCUT2D eigenvalue weighted by atomic mass is 35.5. The third-order valence-corrected chi connectivity index (χ3v) is 3.55. The van der Waals surface area contributed by atoms with Crippen LogP contribution in [0.2, 0.25) is 5.02 Å². The van der Waals surface area contributed by atoms with Gasteiger partial charge in [0, 0.05) is 10.6 Å². The van der Waals surface area contributed by atoms with Crippen LogP contribution in [0.25, 0.3) is 0 Å². The molecule has 2 rings (SSSR count). The van der Waals surface area contributed by atoms with Gasteiger partial charge in [0.05, 0.1) is 0 Å². The van der Waals surface area contributed by atoms with Crippen molar-refractivity contribution in [2.24, 2.45) is 0 Å². The van der Waals surface area contributed by atoms with E-state index in [4.69, 9.17) is 21.1 Å². The number of ether oxygens (including phenoxy) is 2. The Morgan fingerprint density at radius 2 is 1.86 bits per heavy atom. The largest absolute Gasteiger partial charge is 0.482 e. The number of carbonyl (C=O) groups is 1. The molecule has 21 heavy (non-hydrogen) atoms. The second kappa shape index (κ2) is 7.14. The summed E-state index contributed by atoms with van der Waals surface area (Å²) in [6.45, 7) is 4.05. The van der Waals surface area contributed by atoms with Crippen molar-refractivity contribution in [3.63, 3.8) is 0 Å². The number of carbonyl (C=O) groups excluding carboxylic acids is 1. The Bertz CT molecular complexity index is 638. The molecular weight excluding hydrogens is 288 g/mol. The van der Waals surface area contributed by atoms with Gasteiger partial charge in [-0.1, -0.05) is 35.9 Å². The molecule has 0 saturated heterocycles. The first-order valence-corrected chi connectivity index (χ1v) is 7.03. The van der Waals surface area contributed by atoms with Crippen LogP contribution in [-0.4, -0.2) is 12.6 Å². The van der Waals surface area contributed by atoms with E-state index < -0.39 is 5.97 Å². The molecule has 0 heterocycles. The Labute approximate surface area is 129 Å². The van der Waals surface area contributed by atoms with Crippen LogP contribution in [0, 0.1) is 13.8 Å². The maximum atomic E-state index is 11.7. The van der Waals surface area contributed by atoms with Gasteiger partial charge in [-0.2, -0.15) is 0 Å². The van der Waals surface area contributed by atoms with Crippen molar-refractivity contribution in [3.05, 3.63) is 64.2 Å². The smallest absolute Gasteiger partial charge is 0.344 e. The van der Waals surface area contributed by atoms with Crippen LogP contribution in [0.15, 0.2) is 42.5 Å². The molecule has 0 aromatic heterocycles. The highest BCUT2D eigenvalue weighted by Crippen LogP contribution is 2.17. The van der Waals surface area contributed by atoms with E-state index in [1.54, 1.807) is 6.07 Å². The summed E-state index contributed by atoms with van der Waals surface area (Å²) in [7, 11) is 0. The van der Waals surface area contributed by atoms with Gasteiger partial charge < -0.3 is 9.47 Å². The summed E-state index contributed by atoms with van der Waals surface area (Å²) in [6.07, 6.45) is 0. The standard InChI is InChI=1S/C17H17ClO3/c1-12-7-8-15(9-13(12)2)20-11-17(19)21-10-14-5-3-4-6-16(14)18/h3-9H,10-11H2,1-2H3. The number of hydrogen-bond donors (Lipinski definition) is 0. The fourth-order valence-electron chi connectivity index (χ4n) is 1.76. The summed E-state index contributed by atoms with van der Waals surface area (Å²) in [4.78, 5) is 11.7. The lowest BCUT2D eigenvalue weighted by Gasteiger charge is -2.09. The van der Waals surface area contributed by atoms with Crippen molar-refractivity contribution < 1.29 is 14.3 Å². The molecule has 0 saturated carbocycles. The summed E-state index contributed by atoms with van der Waals surface area (Å²) in [5, 5.41) is 0.584. The molecule has 0 atom stereocenters. The molecular formula is C17H17ClO3. The molecule has 2 aromatic rings. The van der Waals surface area contributed by atoms with E-state index in [-0.39, 0.29) is 13.2 Å². The quantitative estimate of drug-likeness (QED) is 0.781. The maximum Gasteiger partial charge on any atom is 0.344 e. The molecule has 0 unspecified atom stereocenters. The molecule has 3 nitrogen and oxygen atoms in total. The van der Waals surface area contributed by atoms with Crippen LogP contribution >= 0.6 is 11.6 Å². The lowest BCUT2D eigenvalue weighted by Crippen LogP contribution is -2.14. The zero-order chi connectivity index (χ0) is 15.2. The number of aryl methyl sites for hydroxylation is 2. The van der Waals surface area contributed by atoms with Crippen molar-refractivity contribution in [2.75, 3.05) is 6.61 Å². The van der Waals surface area contributed by atoms with Crippen molar-refractivity contribution in [3.8, 4) is 5.75 Å². The minimum Gasteiger partial charge on any atom is -0.482 e. The lowest BCUT2D eigenvalue weighted by molar-refractivity contribution is -0.147. The lowest BCUT2D eigenvalue weighted by atomic mass is 10.1. The minimum absolute atomic E-state index is 0.118. The Morgan fingerprint density at radius 1 is 1.10 bits per heavy atom. The molecule has 0 amide bonds. The maximum absolute atomic E-state index is 11.7. The molecule has 4 heteroatoms. The van der Waals surface area contributed by atoms with Crippen molar-refractivity contribution in [1.29, 1.82) is 0 Å². The number of hydrogen-bond acceptors (Lipinski definition) is 3. The first-order chi connectivity index (χ1) is 10.1. The molecule has 0 aliphatic heterocycles. The number of benzene rings is 2. The Kier molecular flexibility index (Phi) is 5.23. The summed E-state index contributed by atoms with van der Waals surface area (Å²) in [6, 6.07) is 13.0. The van der Waals surface area contributed by atoms with Gasteiger partial charge in [-0.05, 0) is 43.2 Å². The summed E-state index contributed by atoms with van der Waals surface area (Å²) in [5.41, 5.74) is 3.08. The van der Waals surface area contributed by atoms with Crippen LogP contribution < -0.4 is 4.74 Å². The van der Waals surface area contributed by atoms with Crippen LogP contribution in [0.1, 0.15) is 16.7 Å². The molecule has 0 aliphatic carbocycles. The summed E-state index contributed by atoms with van der Waals surface area (Å²) in [5.74, 6) is 0.237. The normalized spacial score (nSPS) is 10.2. The fraction of sp³-hybridized carbons (Fsp3) is 0.235. The topological polar surface area (TPSA) is 35.5 Å². The van der Waals surface area contributed by atoms with E-state index in [9.17, 15) is 4.79 Å². The third kappa shape index (κ3) is 4.50. The molecule has 0 radical (unpaired) electrons. The van der Waals surface area contributed by atoms with Crippen molar-refractivity contribution >= 4 is 17.6 Å². The van der Waals surface area contributed by atoms with Gasteiger partial charge in [0.2, 0.25) is 0 Å². The molecule has 0 bridgehead atoms. The SMILES string of the molecule is Cc1ccc(OCC(=O)OCc2ccccc2Cl)cc1C. The second-order valence-corrected chi connectivity index (χ2v) is 5.19. The monoisotopic (exact) mass is 304 g/mol.